The van der Waals surface area contributed by atoms with Crippen molar-refractivity contribution in [3.63, 3.8) is 0 Å². The van der Waals surface area contributed by atoms with E-state index in [2.05, 4.69) is 27.0 Å². The first-order chi connectivity index (χ1) is 9.20. The van der Waals surface area contributed by atoms with Crippen molar-refractivity contribution >= 4 is 5.95 Å². The first kappa shape index (κ1) is 12.9. The minimum atomic E-state index is 0.111. The van der Waals surface area contributed by atoms with Crippen LogP contribution in [-0.4, -0.2) is 41.4 Å². The molecule has 3 rings (SSSR count). The Kier molecular flexibility index (Phi) is 3.45. The Morgan fingerprint density at radius 2 is 2.26 bits per heavy atom. The Morgan fingerprint density at radius 3 is 2.89 bits per heavy atom. The SMILES string of the molecule is CC1(CN)CCN(c2n[nH]c(C3CCCO3)n2)CC1. The van der Waals surface area contributed by atoms with Crippen molar-refractivity contribution in [2.24, 2.45) is 11.1 Å². The van der Waals surface area contributed by atoms with Crippen LogP contribution in [0, 0.1) is 5.41 Å². The summed E-state index contributed by atoms with van der Waals surface area (Å²) in [5, 5.41) is 7.36. The molecule has 0 spiro atoms. The number of hydrogen-bond donors (Lipinski definition) is 2. The molecule has 0 aromatic carbocycles. The summed E-state index contributed by atoms with van der Waals surface area (Å²) in [5.74, 6) is 1.68. The van der Waals surface area contributed by atoms with E-state index in [-0.39, 0.29) is 11.5 Å². The summed E-state index contributed by atoms with van der Waals surface area (Å²) in [4.78, 5) is 6.83. The van der Waals surface area contributed by atoms with Gasteiger partial charge in [-0.3, -0.25) is 5.10 Å². The topological polar surface area (TPSA) is 80.1 Å². The van der Waals surface area contributed by atoms with Gasteiger partial charge in [0.25, 0.3) is 0 Å². The number of nitrogens with two attached hydrogens (primary N) is 1. The van der Waals surface area contributed by atoms with Gasteiger partial charge in [-0.05, 0) is 37.6 Å². The van der Waals surface area contributed by atoms with Crippen molar-refractivity contribution in [3.05, 3.63) is 5.82 Å². The van der Waals surface area contributed by atoms with E-state index >= 15 is 0 Å². The van der Waals surface area contributed by atoms with E-state index < -0.39 is 0 Å². The number of ether oxygens (including phenoxy) is 1. The Bertz CT molecular complexity index is 418. The minimum absolute atomic E-state index is 0.111. The fourth-order valence-electron chi connectivity index (χ4n) is 2.79. The van der Waals surface area contributed by atoms with Crippen molar-refractivity contribution < 1.29 is 4.74 Å². The average Bonchev–Trinajstić information content (AvgIpc) is 3.10. The molecule has 1 atom stereocenters. The van der Waals surface area contributed by atoms with E-state index in [1.54, 1.807) is 0 Å². The molecule has 0 aliphatic carbocycles. The van der Waals surface area contributed by atoms with E-state index in [0.717, 1.165) is 63.7 Å². The highest BCUT2D eigenvalue weighted by Crippen LogP contribution is 2.32. The highest BCUT2D eigenvalue weighted by atomic mass is 16.5. The van der Waals surface area contributed by atoms with Crippen LogP contribution in [0.15, 0.2) is 0 Å². The number of anilines is 1. The van der Waals surface area contributed by atoms with Crippen LogP contribution in [-0.2, 0) is 4.74 Å². The van der Waals surface area contributed by atoms with Gasteiger partial charge in [0.1, 0.15) is 6.10 Å². The van der Waals surface area contributed by atoms with Gasteiger partial charge in [0.15, 0.2) is 5.82 Å². The molecule has 1 aromatic heterocycles. The summed E-state index contributed by atoms with van der Waals surface area (Å²) in [5.41, 5.74) is 6.12. The van der Waals surface area contributed by atoms with Crippen molar-refractivity contribution in [3.8, 4) is 0 Å². The van der Waals surface area contributed by atoms with Crippen LogP contribution in [0.1, 0.15) is 44.5 Å². The van der Waals surface area contributed by atoms with Crippen LogP contribution in [0.4, 0.5) is 5.95 Å². The number of piperidine rings is 1. The van der Waals surface area contributed by atoms with Crippen LogP contribution in [0.3, 0.4) is 0 Å². The van der Waals surface area contributed by atoms with Crippen LogP contribution in [0.25, 0.3) is 0 Å². The number of nitrogens with one attached hydrogen (secondary N) is 1. The summed E-state index contributed by atoms with van der Waals surface area (Å²) in [6.45, 7) is 5.82. The molecule has 6 heteroatoms. The van der Waals surface area contributed by atoms with Gasteiger partial charge >= 0.3 is 0 Å². The summed E-state index contributed by atoms with van der Waals surface area (Å²) >= 11 is 0. The number of nitrogens with zero attached hydrogens (tertiary/aromatic N) is 3. The summed E-state index contributed by atoms with van der Waals surface area (Å²) < 4.78 is 5.62. The van der Waals surface area contributed by atoms with E-state index in [1.165, 1.54) is 0 Å². The number of rotatable bonds is 3. The van der Waals surface area contributed by atoms with Gasteiger partial charge in [-0.1, -0.05) is 6.92 Å². The fraction of sp³-hybridized carbons (Fsp3) is 0.846. The molecular weight excluding hydrogens is 242 g/mol. The average molecular weight is 265 g/mol. The third kappa shape index (κ3) is 2.60. The zero-order valence-corrected chi connectivity index (χ0v) is 11.6. The molecule has 2 saturated heterocycles. The third-order valence-corrected chi connectivity index (χ3v) is 4.47. The van der Waals surface area contributed by atoms with Gasteiger partial charge in [0.05, 0.1) is 0 Å². The predicted molar refractivity (Wildman–Crippen MR) is 72.9 cm³/mol. The normalized spacial score (nSPS) is 26.8. The quantitative estimate of drug-likeness (QED) is 0.859. The summed E-state index contributed by atoms with van der Waals surface area (Å²) in [7, 11) is 0. The van der Waals surface area contributed by atoms with Crippen molar-refractivity contribution in [2.45, 2.75) is 38.7 Å². The molecule has 106 valence electrons. The van der Waals surface area contributed by atoms with Crippen LogP contribution >= 0.6 is 0 Å². The molecule has 3 N–H and O–H groups in total. The zero-order valence-electron chi connectivity index (χ0n) is 11.6. The number of H-pyrrole nitrogens is 1. The largest absolute Gasteiger partial charge is 0.370 e. The summed E-state index contributed by atoms with van der Waals surface area (Å²) in [6, 6.07) is 0. The minimum Gasteiger partial charge on any atom is -0.370 e. The molecule has 2 aliphatic rings. The molecule has 2 fully saturated rings. The van der Waals surface area contributed by atoms with Gasteiger partial charge in [-0.2, -0.15) is 4.98 Å². The van der Waals surface area contributed by atoms with Crippen LogP contribution in [0.2, 0.25) is 0 Å². The van der Waals surface area contributed by atoms with Crippen molar-refractivity contribution in [1.29, 1.82) is 0 Å². The fourth-order valence-corrected chi connectivity index (χ4v) is 2.79. The Labute approximate surface area is 113 Å². The van der Waals surface area contributed by atoms with Gasteiger partial charge in [-0.25, -0.2) is 0 Å². The molecule has 6 nitrogen and oxygen atoms in total. The molecule has 0 amide bonds. The zero-order chi connectivity index (χ0) is 13.3. The molecule has 0 bridgehead atoms. The molecule has 2 aliphatic heterocycles. The second kappa shape index (κ2) is 5.09. The second-order valence-electron chi connectivity index (χ2n) is 6.02. The molecule has 0 radical (unpaired) electrons. The maximum Gasteiger partial charge on any atom is 0.244 e. The van der Waals surface area contributed by atoms with Gasteiger partial charge in [0.2, 0.25) is 5.95 Å². The van der Waals surface area contributed by atoms with Crippen LogP contribution < -0.4 is 10.6 Å². The van der Waals surface area contributed by atoms with E-state index in [0.29, 0.717) is 0 Å². The Balaban J connectivity index is 1.64. The van der Waals surface area contributed by atoms with Crippen molar-refractivity contribution in [1.82, 2.24) is 15.2 Å². The lowest BCUT2D eigenvalue weighted by atomic mass is 9.81. The lowest BCUT2D eigenvalue weighted by Gasteiger charge is -2.38. The maximum absolute atomic E-state index is 5.84. The van der Waals surface area contributed by atoms with Gasteiger partial charge in [0, 0.05) is 19.7 Å². The predicted octanol–water partition coefficient (Wildman–Crippen LogP) is 1.22. The Hall–Kier alpha value is -1.14. The lowest BCUT2D eigenvalue weighted by Crippen LogP contribution is -2.42. The van der Waals surface area contributed by atoms with Gasteiger partial charge < -0.3 is 15.4 Å². The molecular formula is C13H23N5O. The lowest BCUT2D eigenvalue weighted by molar-refractivity contribution is 0.105. The van der Waals surface area contributed by atoms with E-state index in [9.17, 15) is 0 Å². The number of hydrogen-bond acceptors (Lipinski definition) is 5. The smallest absolute Gasteiger partial charge is 0.244 e. The molecule has 1 unspecified atom stereocenters. The van der Waals surface area contributed by atoms with Gasteiger partial charge in [-0.15, -0.1) is 5.10 Å². The second-order valence-corrected chi connectivity index (χ2v) is 6.02. The van der Waals surface area contributed by atoms with E-state index in [1.807, 2.05) is 0 Å². The highest BCUT2D eigenvalue weighted by Gasteiger charge is 2.30. The third-order valence-electron chi connectivity index (χ3n) is 4.47. The monoisotopic (exact) mass is 265 g/mol. The van der Waals surface area contributed by atoms with E-state index in [4.69, 9.17) is 10.5 Å². The molecule has 19 heavy (non-hydrogen) atoms. The molecule has 3 heterocycles. The Morgan fingerprint density at radius 1 is 1.47 bits per heavy atom. The molecule has 1 aromatic rings. The number of aromatic amines is 1. The highest BCUT2D eigenvalue weighted by molar-refractivity contribution is 5.30. The number of aromatic nitrogens is 3. The van der Waals surface area contributed by atoms with Crippen molar-refractivity contribution in [2.75, 3.05) is 31.1 Å². The molecule has 0 saturated carbocycles. The first-order valence-electron chi connectivity index (χ1n) is 7.19. The summed E-state index contributed by atoms with van der Waals surface area (Å²) in [6.07, 6.45) is 4.47. The maximum atomic E-state index is 5.84. The standard InChI is InChI=1S/C13H23N5O/c1-13(9-14)4-6-18(7-5-13)12-15-11(16-17-12)10-3-2-8-19-10/h10H,2-9,14H2,1H3,(H,15,16,17). The van der Waals surface area contributed by atoms with Crippen LogP contribution in [0.5, 0.6) is 0 Å². The first-order valence-corrected chi connectivity index (χ1v) is 7.19.